The molecule has 0 spiro atoms. The van der Waals surface area contributed by atoms with Gasteiger partial charge < -0.3 is 4.74 Å². The van der Waals surface area contributed by atoms with Crippen LogP contribution in [0.4, 0.5) is 0 Å². The predicted molar refractivity (Wildman–Crippen MR) is 58.9 cm³/mol. The molecule has 0 saturated carbocycles. The monoisotopic (exact) mass is 210 g/mol. The van der Waals surface area contributed by atoms with Crippen LogP contribution in [-0.2, 0) is 11.2 Å². The second kappa shape index (κ2) is 4.96. The van der Waals surface area contributed by atoms with E-state index in [2.05, 4.69) is 11.3 Å². The number of esters is 1. The minimum Gasteiger partial charge on any atom is -0.465 e. The number of rotatable bonds is 4. The standard InChI is InChI=1S/C11H14O2S/c1-4-5-6-9-8(2)7-10(14-9)11(12)13-3/h4,7H,1,5-6H2,2-3H3. The van der Waals surface area contributed by atoms with Crippen molar-refractivity contribution in [3.63, 3.8) is 0 Å². The molecule has 0 aromatic carbocycles. The molecule has 0 radical (unpaired) electrons. The molecule has 0 saturated heterocycles. The summed E-state index contributed by atoms with van der Waals surface area (Å²) in [6.07, 6.45) is 3.79. The van der Waals surface area contributed by atoms with Crippen molar-refractivity contribution in [2.75, 3.05) is 7.11 Å². The van der Waals surface area contributed by atoms with Gasteiger partial charge in [-0.15, -0.1) is 17.9 Å². The number of ether oxygens (including phenoxy) is 1. The van der Waals surface area contributed by atoms with Gasteiger partial charge in [0.15, 0.2) is 0 Å². The van der Waals surface area contributed by atoms with Crippen molar-refractivity contribution >= 4 is 17.3 Å². The van der Waals surface area contributed by atoms with Gasteiger partial charge >= 0.3 is 5.97 Å². The van der Waals surface area contributed by atoms with Crippen LogP contribution in [0.25, 0.3) is 0 Å². The van der Waals surface area contributed by atoms with E-state index in [1.807, 2.05) is 19.1 Å². The Hall–Kier alpha value is -1.09. The SMILES string of the molecule is C=CCCc1sc(C(=O)OC)cc1C. The first-order valence-electron chi connectivity index (χ1n) is 4.47. The molecule has 76 valence electrons. The zero-order valence-electron chi connectivity index (χ0n) is 8.50. The molecule has 0 aliphatic heterocycles. The highest BCUT2D eigenvalue weighted by Gasteiger charge is 2.11. The summed E-state index contributed by atoms with van der Waals surface area (Å²) in [7, 11) is 1.40. The maximum absolute atomic E-state index is 11.2. The van der Waals surface area contributed by atoms with Crippen LogP contribution in [0, 0.1) is 6.92 Å². The quantitative estimate of drug-likeness (QED) is 0.564. The second-order valence-electron chi connectivity index (χ2n) is 3.04. The Morgan fingerprint density at radius 3 is 3.00 bits per heavy atom. The fourth-order valence-electron chi connectivity index (χ4n) is 1.20. The van der Waals surface area contributed by atoms with E-state index in [1.54, 1.807) is 0 Å². The summed E-state index contributed by atoms with van der Waals surface area (Å²) >= 11 is 1.51. The van der Waals surface area contributed by atoms with Crippen molar-refractivity contribution in [3.05, 3.63) is 34.0 Å². The average Bonchev–Trinajstić information content (AvgIpc) is 2.56. The molecule has 3 heteroatoms. The number of hydrogen-bond donors (Lipinski definition) is 0. The summed E-state index contributed by atoms with van der Waals surface area (Å²) in [6.45, 7) is 5.69. The summed E-state index contributed by atoms with van der Waals surface area (Å²) in [4.78, 5) is 13.1. The smallest absolute Gasteiger partial charge is 0.348 e. The normalized spacial score (nSPS) is 9.86. The Morgan fingerprint density at radius 1 is 1.71 bits per heavy atom. The molecule has 1 rings (SSSR count). The van der Waals surface area contributed by atoms with Crippen LogP contribution < -0.4 is 0 Å². The number of thiophene rings is 1. The third kappa shape index (κ3) is 2.45. The molecule has 14 heavy (non-hydrogen) atoms. The van der Waals surface area contributed by atoms with Crippen LogP contribution in [0.1, 0.15) is 26.5 Å². The van der Waals surface area contributed by atoms with Crippen molar-refractivity contribution in [2.24, 2.45) is 0 Å². The van der Waals surface area contributed by atoms with E-state index in [9.17, 15) is 4.79 Å². The van der Waals surface area contributed by atoms with Gasteiger partial charge in [0.1, 0.15) is 4.88 Å². The van der Waals surface area contributed by atoms with Crippen LogP contribution in [0.2, 0.25) is 0 Å². The van der Waals surface area contributed by atoms with E-state index in [1.165, 1.54) is 23.3 Å². The van der Waals surface area contributed by atoms with E-state index in [4.69, 9.17) is 0 Å². The maximum Gasteiger partial charge on any atom is 0.348 e. The van der Waals surface area contributed by atoms with Gasteiger partial charge in [-0.2, -0.15) is 0 Å². The average molecular weight is 210 g/mol. The lowest BCUT2D eigenvalue weighted by Gasteiger charge is -1.94. The zero-order chi connectivity index (χ0) is 10.6. The molecule has 1 heterocycles. The van der Waals surface area contributed by atoms with Gasteiger partial charge in [0.25, 0.3) is 0 Å². The molecular formula is C11H14O2S. The third-order valence-electron chi connectivity index (χ3n) is 1.98. The molecule has 0 aliphatic carbocycles. The predicted octanol–water partition coefficient (Wildman–Crippen LogP) is 2.96. The Balaban J connectivity index is 2.81. The lowest BCUT2D eigenvalue weighted by atomic mass is 10.2. The summed E-state index contributed by atoms with van der Waals surface area (Å²) in [5, 5.41) is 0. The molecule has 1 aromatic heterocycles. The molecule has 0 atom stereocenters. The lowest BCUT2D eigenvalue weighted by molar-refractivity contribution is 0.0606. The Labute approximate surface area is 88.2 Å². The van der Waals surface area contributed by atoms with Crippen LogP contribution in [-0.4, -0.2) is 13.1 Å². The summed E-state index contributed by atoms with van der Waals surface area (Å²) in [6, 6.07) is 1.88. The highest BCUT2D eigenvalue weighted by atomic mass is 32.1. The number of carbonyl (C=O) groups is 1. The van der Waals surface area contributed by atoms with Crippen molar-refractivity contribution in [2.45, 2.75) is 19.8 Å². The van der Waals surface area contributed by atoms with E-state index < -0.39 is 0 Å². The van der Waals surface area contributed by atoms with E-state index in [0.29, 0.717) is 4.88 Å². The van der Waals surface area contributed by atoms with Gasteiger partial charge in [-0.05, 0) is 31.4 Å². The van der Waals surface area contributed by atoms with Crippen molar-refractivity contribution < 1.29 is 9.53 Å². The second-order valence-corrected chi connectivity index (χ2v) is 4.17. The first kappa shape index (κ1) is 11.0. The Bertz CT molecular complexity index is 339. The van der Waals surface area contributed by atoms with Gasteiger partial charge in [0.2, 0.25) is 0 Å². The minimum atomic E-state index is -0.247. The Kier molecular flexibility index (Phi) is 3.89. The van der Waals surface area contributed by atoms with Gasteiger partial charge in [-0.25, -0.2) is 4.79 Å². The highest BCUT2D eigenvalue weighted by molar-refractivity contribution is 7.14. The zero-order valence-corrected chi connectivity index (χ0v) is 9.32. The number of aryl methyl sites for hydroxylation is 2. The van der Waals surface area contributed by atoms with Crippen molar-refractivity contribution in [3.8, 4) is 0 Å². The molecular weight excluding hydrogens is 196 g/mol. The lowest BCUT2D eigenvalue weighted by Crippen LogP contribution is -1.96. The van der Waals surface area contributed by atoms with Crippen LogP contribution in [0.15, 0.2) is 18.7 Å². The van der Waals surface area contributed by atoms with E-state index in [-0.39, 0.29) is 5.97 Å². The number of carbonyl (C=O) groups excluding carboxylic acids is 1. The molecule has 0 N–H and O–H groups in total. The van der Waals surface area contributed by atoms with Gasteiger partial charge in [-0.1, -0.05) is 6.08 Å². The molecule has 1 aromatic rings. The first-order chi connectivity index (χ1) is 6.69. The van der Waals surface area contributed by atoms with E-state index >= 15 is 0 Å². The molecule has 0 amide bonds. The molecule has 0 unspecified atom stereocenters. The fraction of sp³-hybridized carbons (Fsp3) is 0.364. The molecule has 0 aliphatic rings. The van der Waals surface area contributed by atoms with Crippen LogP contribution >= 0.6 is 11.3 Å². The van der Waals surface area contributed by atoms with Gasteiger partial charge in [0, 0.05) is 4.88 Å². The van der Waals surface area contributed by atoms with E-state index in [0.717, 1.165) is 18.4 Å². The topological polar surface area (TPSA) is 26.3 Å². The summed E-state index contributed by atoms with van der Waals surface area (Å²) < 4.78 is 4.66. The Morgan fingerprint density at radius 2 is 2.43 bits per heavy atom. The maximum atomic E-state index is 11.2. The third-order valence-corrected chi connectivity index (χ3v) is 3.26. The summed E-state index contributed by atoms with van der Waals surface area (Å²) in [5.74, 6) is -0.247. The van der Waals surface area contributed by atoms with Gasteiger partial charge in [0.05, 0.1) is 7.11 Å². The first-order valence-corrected chi connectivity index (χ1v) is 5.29. The van der Waals surface area contributed by atoms with Crippen molar-refractivity contribution in [1.82, 2.24) is 0 Å². The van der Waals surface area contributed by atoms with Crippen LogP contribution in [0.3, 0.4) is 0 Å². The van der Waals surface area contributed by atoms with Gasteiger partial charge in [-0.3, -0.25) is 0 Å². The number of hydrogen-bond acceptors (Lipinski definition) is 3. The largest absolute Gasteiger partial charge is 0.465 e. The highest BCUT2D eigenvalue weighted by Crippen LogP contribution is 2.23. The molecule has 0 bridgehead atoms. The van der Waals surface area contributed by atoms with Crippen LogP contribution in [0.5, 0.6) is 0 Å². The summed E-state index contributed by atoms with van der Waals surface area (Å²) in [5.41, 5.74) is 1.16. The number of methoxy groups -OCH3 is 1. The van der Waals surface area contributed by atoms with Crippen molar-refractivity contribution in [1.29, 1.82) is 0 Å². The number of allylic oxidation sites excluding steroid dienone is 1. The molecule has 0 fully saturated rings. The fourth-order valence-corrected chi connectivity index (χ4v) is 2.31. The minimum absolute atomic E-state index is 0.247. The molecule has 2 nitrogen and oxygen atoms in total.